The fourth-order valence-corrected chi connectivity index (χ4v) is 5.78. The summed E-state index contributed by atoms with van der Waals surface area (Å²) in [6.45, 7) is 4.77. The summed E-state index contributed by atoms with van der Waals surface area (Å²) in [5.74, 6) is 0.982. The third-order valence-corrected chi connectivity index (χ3v) is 7.05. The predicted molar refractivity (Wildman–Crippen MR) is 104 cm³/mol. The minimum absolute atomic E-state index is 0.299. The molecule has 0 spiro atoms. The van der Waals surface area contributed by atoms with Crippen LogP contribution >= 0.6 is 0 Å². The Hall–Kier alpha value is -1.81. The zero-order valence-electron chi connectivity index (χ0n) is 15.9. The lowest BCUT2D eigenvalue weighted by Gasteiger charge is -2.33. The molecule has 4 heteroatoms. The van der Waals surface area contributed by atoms with Crippen LogP contribution < -0.4 is 0 Å². The Balaban J connectivity index is 1.59. The Labute approximate surface area is 155 Å². The van der Waals surface area contributed by atoms with Crippen molar-refractivity contribution in [1.82, 2.24) is 14.4 Å². The first kappa shape index (κ1) is 16.4. The van der Waals surface area contributed by atoms with Crippen molar-refractivity contribution in [2.24, 2.45) is 5.92 Å². The molecule has 1 amide bonds. The molecule has 4 heterocycles. The molecule has 3 aliphatic heterocycles. The molecule has 0 N–H and O–H groups in total. The summed E-state index contributed by atoms with van der Waals surface area (Å²) >= 11 is 0. The number of benzene rings is 1. The van der Waals surface area contributed by atoms with Gasteiger partial charge in [0.05, 0.1) is 0 Å². The van der Waals surface area contributed by atoms with E-state index in [9.17, 15) is 4.79 Å². The van der Waals surface area contributed by atoms with E-state index in [1.54, 1.807) is 0 Å². The standard InChI is InChI=1S/C22H29N3O/c1-15-12-16-13-19-21(22(15)23(16)2)17-8-4-5-9-18(17)25(19)14-20(26)24-10-6-3-7-11-24/h4-5,8-9,15-16,22H,3,6-7,10-14H2,1-2H3/t15-,16+,22-/m0/s1. The number of carbonyl (C=O) groups excluding carboxylic acids is 1. The second-order valence-corrected chi connectivity index (χ2v) is 8.59. The maximum Gasteiger partial charge on any atom is 0.242 e. The van der Waals surface area contributed by atoms with Crippen LogP contribution in [-0.4, -0.2) is 46.5 Å². The molecule has 0 saturated carbocycles. The highest BCUT2D eigenvalue weighted by Crippen LogP contribution is 2.49. The normalized spacial score (nSPS) is 28.5. The van der Waals surface area contributed by atoms with Gasteiger partial charge < -0.3 is 9.47 Å². The van der Waals surface area contributed by atoms with Gasteiger partial charge in [0.25, 0.3) is 0 Å². The van der Waals surface area contributed by atoms with Crippen molar-refractivity contribution < 1.29 is 4.79 Å². The third-order valence-electron chi connectivity index (χ3n) is 7.05. The van der Waals surface area contributed by atoms with Gasteiger partial charge in [-0.05, 0) is 50.3 Å². The molecule has 0 unspecified atom stereocenters. The van der Waals surface area contributed by atoms with Crippen molar-refractivity contribution in [3.63, 3.8) is 0 Å². The van der Waals surface area contributed by atoms with Crippen molar-refractivity contribution >= 4 is 16.8 Å². The highest BCUT2D eigenvalue weighted by Gasteiger charge is 2.45. The van der Waals surface area contributed by atoms with Gasteiger partial charge in [-0.1, -0.05) is 25.1 Å². The Kier molecular flexibility index (Phi) is 3.85. The van der Waals surface area contributed by atoms with Gasteiger partial charge in [-0.25, -0.2) is 0 Å². The number of amides is 1. The van der Waals surface area contributed by atoms with Crippen LogP contribution in [0.1, 0.15) is 49.9 Å². The minimum atomic E-state index is 0.299. The van der Waals surface area contributed by atoms with Gasteiger partial charge in [0.2, 0.25) is 5.91 Å². The second kappa shape index (κ2) is 6.12. The minimum Gasteiger partial charge on any atom is -0.341 e. The quantitative estimate of drug-likeness (QED) is 0.827. The number of likely N-dealkylation sites (N-methyl/N-ethyl adjacent to an activating group) is 1. The van der Waals surface area contributed by atoms with Gasteiger partial charge in [0, 0.05) is 48.2 Å². The van der Waals surface area contributed by atoms with E-state index >= 15 is 0 Å². The molecule has 2 aromatic rings. The summed E-state index contributed by atoms with van der Waals surface area (Å²) in [5.41, 5.74) is 4.17. The van der Waals surface area contributed by atoms with E-state index in [1.807, 2.05) is 0 Å². The zero-order chi connectivity index (χ0) is 17.8. The number of hydrogen-bond donors (Lipinski definition) is 0. The fraction of sp³-hybridized carbons (Fsp3) is 0.591. The van der Waals surface area contributed by atoms with Gasteiger partial charge in [-0.3, -0.25) is 9.69 Å². The van der Waals surface area contributed by atoms with E-state index in [-0.39, 0.29) is 0 Å². The molecule has 1 aromatic heterocycles. The summed E-state index contributed by atoms with van der Waals surface area (Å²) in [7, 11) is 2.28. The van der Waals surface area contributed by atoms with E-state index < -0.39 is 0 Å². The molecule has 2 fully saturated rings. The number of fused-ring (bicyclic) bond motifs is 6. The van der Waals surface area contributed by atoms with Crippen molar-refractivity contribution in [1.29, 1.82) is 0 Å². The maximum atomic E-state index is 13.0. The summed E-state index contributed by atoms with van der Waals surface area (Å²) in [5, 5.41) is 1.36. The molecular weight excluding hydrogens is 322 g/mol. The predicted octanol–water partition coefficient (Wildman–Crippen LogP) is 3.59. The largest absolute Gasteiger partial charge is 0.341 e. The maximum absolute atomic E-state index is 13.0. The van der Waals surface area contributed by atoms with Crippen LogP contribution in [0, 0.1) is 5.92 Å². The van der Waals surface area contributed by atoms with Gasteiger partial charge in [0.1, 0.15) is 6.54 Å². The van der Waals surface area contributed by atoms with Crippen molar-refractivity contribution in [3.8, 4) is 0 Å². The van der Waals surface area contributed by atoms with Crippen LogP contribution in [0.3, 0.4) is 0 Å². The third kappa shape index (κ3) is 2.34. The lowest BCUT2D eigenvalue weighted by atomic mass is 9.93. The molecule has 26 heavy (non-hydrogen) atoms. The molecule has 5 rings (SSSR count). The van der Waals surface area contributed by atoms with E-state index in [0.29, 0.717) is 30.5 Å². The van der Waals surface area contributed by atoms with E-state index in [4.69, 9.17) is 0 Å². The Morgan fingerprint density at radius 3 is 2.73 bits per heavy atom. The van der Waals surface area contributed by atoms with Gasteiger partial charge in [0.15, 0.2) is 0 Å². The van der Waals surface area contributed by atoms with Crippen LogP contribution in [0.15, 0.2) is 24.3 Å². The Bertz CT molecular complexity index is 848. The highest BCUT2D eigenvalue weighted by molar-refractivity contribution is 5.88. The summed E-state index contributed by atoms with van der Waals surface area (Å²) in [6.07, 6.45) is 5.92. The molecule has 0 aliphatic carbocycles. The highest BCUT2D eigenvalue weighted by atomic mass is 16.2. The average molecular weight is 351 g/mol. The molecule has 1 aromatic carbocycles. The molecule has 2 saturated heterocycles. The summed E-state index contributed by atoms with van der Waals surface area (Å²) in [6, 6.07) is 9.84. The van der Waals surface area contributed by atoms with Crippen molar-refractivity contribution in [3.05, 3.63) is 35.5 Å². The molecule has 2 bridgehead atoms. The van der Waals surface area contributed by atoms with E-state index in [1.165, 1.54) is 35.0 Å². The van der Waals surface area contributed by atoms with Crippen LogP contribution in [-0.2, 0) is 17.8 Å². The first-order chi connectivity index (χ1) is 12.6. The van der Waals surface area contributed by atoms with E-state index in [2.05, 4.69) is 52.6 Å². The first-order valence-electron chi connectivity index (χ1n) is 10.2. The number of rotatable bonds is 2. The molecule has 3 aliphatic rings. The van der Waals surface area contributed by atoms with Gasteiger partial charge in [-0.15, -0.1) is 0 Å². The number of nitrogens with zero attached hydrogens (tertiary/aromatic N) is 3. The molecule has 0 radical (unpaired) electrons. The summed E-state index contributed by atoms with van der Waals surface area (Å²) in [4.78, 5) is 17.7. The van der Waals surface area contributed by atoms with E-state index in [0.717, 1.165) is 32.4 Å². The van der Waals surface area contributed by atoms with Gasteiger partial charge in [-0.2, -0.15) is 0 Å². The molecule has 3 atom stereocenters. The number of likely N-dealkylation sites (tertiary alicyclic amines) is 1. The number of aromatic nitrogens is 1. The fourth-order valence-electron chi connectivity index (χ4n) is 5.78. The average Bonchev–Trinajstić information content (AvgIpc) is 3.04. The lowest BCUT2D eigenvalue weighted by molar-refractivity contribution is -0.132. The number of para-hydroxylation sites is 1. The lowest BCUT2D eigenvalue weighted by Crippen LogP contribution is -2.39. The van der Waals surface area contributed by atoms with Crippen LogP contribution in [0.25, 0.3) is 10.9 Å². The second-order valence-electron chi connectivity index (χ2n) is 8.59. The molecule has 138 valence electrons. The first-order valence-corrected chi connectivity index (χ1v) is 10.2. The Morgan fingerprint density at radius 2 is 1.92 bits per heavy atom. The van der Waals surface area contributed by atoms with Crippen LogP contribution in [0.4, 0.5) is 0 Å². The number of piperidine rings is 1. The topological polar surface area (TPSA) is 28.5 Å². The van der Waals surface area contributed by atoms with Crippen molar-refractivity contribution in [2.75, 3.05) is 20.1 Å². The summed E-state index contributed by atoms with van der Waals surface area (Å²) < 4.78 is 2.35. The number of hydrogen-bond acceptors (Lipinski definition) is 2. The zero-order valence-corrected chi connectivity index (χ0v) is 15.9. The molecule has 4 nitrogen and oxygen atoms in total. The van der Waals surface area contributed by atoms with Gasteiger partial charge >= 0.3 is 0 Å². The van der Waals surface area contributed by atoms with Crippen LogP contribution in [0.5, 0.6) is 0 Å². The Morgan fingerprint density at radius 1 is 1.15 bits per heavy atom. The SMILES string of the molecule is C[C@H]1C[C@@H]2Cc3c(c4ccccc4n3CC(=O)N3CCCCC3)[C@H]1N2C. The smallest absolute Gasteiger partial charge is 0.242 e. The molecular formula is C22H29N3O. The number of carbonyl (C=O) groups is 1. The van der Waals surface area contributed by atoms with Crippen LogP contribution in [0.2, 0.25) is 0 Å². The van der Waals surface area contributed by atoms with Crippen molar-refractivity contribution in [2.45, 2.75) is 57.7 Å². The monoisotopic (exact) mass is 351 g/mol.